The van der Waals surface area contributed by atoms with Gasteiger partial charge in [-0.2, -0.15) is 0 Å². The van der Waals surface area contributed by atoms with Crippen molar-refractivity contribution in [3.63, 3.8) is 0 Å². The van der Waals surface area contributed by atoms with Crippen molar-refractivity contribution in [2.75, 3.05) is 13.1 Å². The molecule has 1 N–H and O–H groups in total. The van der Waals surface area contributed by atoms with Crippen molar-refractivity contribution in [2.45, 2.75) is 38.6 Å². The minimum Gasteiger partial charge on any atom is -0.361 e. The van der Waals surface area contributed by atoms with Crippen LogP contribution in [-0.4, -0.2) is 38.4 Å². The summed E-state index contributed by atoms with van der Waals surface area (Å²) < 4.78 is 29.2. The van der Waals surface area contributed by atoms with Gasteiger partial charge in [0.05, 0.1) is 17.4 Å². The minimum absolute atomic E-state index is 0.00131. The van der Waals surface area contributed by atoms with Gasteiger partial charge in [-0.25, -0.2) is 13.8 Å². The number of benzene rings is 2. The van der Waals surface area contributed by atoms with E-state index in [1.54, 1.807) is 4.57 Å². The molecule has 1 atom stereocenters. The number of piperidine rings is 1. The number of aromatic amines is 1. The maximum absolute atomic E-state index is 13.9. The highest BCUT2D eigenvalue weighted by molar-refractivity contribution is 5.85. The van der Waals surface area contributed by atoms with Gasteiger partial charge in [-0.05, 0) is 36.3 Å². The molecule has 1 amide bonds. The molecule has 0 saturated carbocycles. The van der Waals surface area contributed by atoms with Crippen molar-refractivity contribution in [1.82, 2.24) is 19.4 Å². The van der Waals surface area contributed by atoms with Crippen LogP contribution in [0.5, 0.6) is 0 Å². The summed E-state index contributed by atoms with van der Waals surface area (Å²) in [6.45, 7) is 5.27. The quantitative estimate of drug-likeness (QED) is 0.466. The van der Waals surface area contributed by atoms with Gasteiger partial charge < -0.3 is 14.5 Å². The topological polar surface area (TPSA) is 53.9 Å². The number of carbonyl (C=O) groups is 1. The Balaban J connectivity index is 1.37. The van der Waals surface area contributed by atoms with Gasteiger partial charge in [0.25, 0.3) is 0 Å². The second kappa shape index (κ2) is 8.04. The maximum Gasteiger partial charge on any atom is 0.245 e. The summed E-state index contributed by atoms with van der Waals surface area (Å²) in [4.78, 5) is 23.0. The van der Waals surface area contributed by atoms with Crippen LogP contribution in [0.3, 0.4) is 0 Å². The van der Waals surface area contributed by atoms with E-state index in [1.165, 1.54) is 17.3 Å². The van der Waals surface area contributed by atoms with Gasteiger partial charge in [-0.15, -0.1) is 0 Å². The maximum atomic E-state index is 13.9. The number of nitrogens with one attached hydrogen (secondary N) is 1. The lowest BCUT2D eigenvalue weighted by molar-refractivity contribution is -0.137. The molecule has 0 spiro atoms. The second-order valence-electron chi connectivity index (χ2n) is 8.98. The Kier molecular flexibility index (Phi) is 5.19. The molecule has 0 bridgehead atoms. The van der Waals surface area contributed by atoms with Crippen molar-refractivity contribution < 1.29 is 13.6 Å². The zero-order chi connectivity index (χ0) is 22.4. The average molecular weight is 437 g/mol. The molecule has 1 saturated heterocycles. The van der Waals surface area contributed by atoms with Crippen molar-refractivity contribution in [3.05, 3.63) is 66.1 Å². The zero-order valence-corrected chi connectivity index (χ0v) is 18.2. The lowest BCUT2D eigenvalue weighted by Gasteiger charge is -2.35. The number of nitrogens with zero attached hydrogens (tertiary/aromatic N) is 3. The van der Waals surface area contributed by atoms with Gasteiger partial charge in [0.15, 0.2) is 11.6 Å². The number of para-hydroxylation sites is 1. The molecule has 0 radical (unpaired) electrons. The van der Waals surface area contributed by atoms with E-state index in [4.69, 9.17) is 0 Å². The van der Waals surface area contributed by atoms with Crippen LogP contribution < -0.4 is 0 Å². The number of rotatable bonds is 4. The molecule has 1 fully saturated rings. The van der Waals surface area contributed by atoms with E-state index in [0.717, 1.165) is 30.5 Å². The molecule has 166 valence electrons. The normalized spacial score (nSPS) is 16.3. The summed E-state index contributed by atoms with van der Waals surface area (Å²) in [5.41, 5.74) is 3.23. The number of H-pyrrole nitrogens is 1. The summed E-state index contributed by atoms with van der Waals surface area (Å²) in [7, 11) is 0. The molecule has 7 heteroatoms. The number of hydrogen-bond donors (Lipinski definition) is 1. The fourth-order valence-corrected chi connectivity index (χ4v) is 5.00. The molecule has 32 heavy (non-hydrogen) atoms. The Morgan fingerprint density at radius 1 is 1.12 bits per heavy atom. The van der Waals surface area contributed by atoms with Crippen LogP contribution >= 0.6 is 0 Å². The number of halogens is 2. The molecule has 3 heterocycles. The third-order valence-corrected chi connectivity index (χ3v) is 6.67. The van der Waals surface area contributed by atoms with Crippen LogP contribution in [-0.2, 0) is 4.79 Å². The Bertz CT molecular complexity index is 1280. The number of likely N-dealkylation sites (tertiary alicyclic amines) is 1. The molecule has 5 nitrogen and oxygen atoms in total. The van der Waals surface area contributed by atoms with Gasteiger partial charge in [-0.1, -0.05) is 32.0 Å². The van der Waals surface area contributed by atoms with Gasteiger partial charge >= 0.3 is 0 Å². The van der Waals surface area contributed by atoms with E-state index in [1.807, 2.05) is 24.8 Å². The van der Waals surface area contributed by atoms with Crippen LogP contribution in [0.2, 0.25) is 0 Å². The first-order valence-corrected chi connectivity index (χ1v) is 11.1. The Labute approximate surface area is 185 Å². The van der Waals surface area contributed by atoms with E-state index >= 15 is 0 Å². The molecule has 0 aliphatic carbocycles. The van der Waals surface area contributed by atoms with Crippen molar-refractivity contribution >= 4 is 27.8 Å². The summed E-state index contributed by atoms with van der Waals surface area (Å²) in [5, 5.41) is 1.25. The van der Waals surface area contributed by atoms with E-state index in [9.17, 15) is 13.6 Å². The Morgan fingerprint density at radius 2 is 1.84 bits per heavy atom. The largest absolute Gasteiger partial charge is 0.361 e. The number of amides is 1. The van der Waals surface area contributed by atoms with Gasteiger partial charge in [-0.3, -0.25) is 4.79 Å². The zero-order valence-electron chi connectivity index (χ0n) is 18.2. The minimum atomic E-state index is -0.936. The van der Waals surface area contributed by atoms with Gasteiger partial charge in [0.2, 0.25) is 5.91 Å². The summed E-state index contributed by atoms with van der Waals surface area (Å²) >= 11 is 0. The molecule has 1 aliphatic rings. The third-order valence-electron chi connectivity index (χ3n) is 6.67. The van der Waals surface area contributed by atoms with Crippen LogP contribution in [0, 0.1) is 17.6 Å². The SMILES string of the molecule is CC(C)C(C(=O)N1CCC(c2c[nH]c3ccccc23)CC1)n1cnc2cc(F)c(F)cc21. The summed E-state index contributed by atoms with van der Waals surface area (Å²) in [6, 6.07) is 9.98. The van der Waals surface area contributed by atoms with Gasteiger partial charge in [0.1, 0.15) is 6.04 Å². The lowest BCUT2D eigenvalue weighted by Crippen LogP contribution is -2.43. The Morgan fingerprint density at radius 3 is 2.59 bits per heavy atom. The van der Waals surface area contributed by atoms with Crippen LogP contribution in [0.15, 0.2) is 48.9 Å². The number of carbonyl (C=O) groups excluding carboxylic acids is 1. The molecule has 4 aromatic rings. The highest BCUT2D eigenvalue weighted by Gasteiger charge is 2.33. The van der Waals surface area contributed by atoms with E-state index in [2.05, 4.69) is 34.4 Å². The Hall–Kier alpha value is -3.22. The monoisotopic (exact) mass is 436 g/mol. The fraction of sp³-hybridized carbons (Fsp3) is 0.360. The summed E-state index contributed by atoms with van der Waals surface area (Å²) in [6.07, 6.45) is 5.39. The average Bonchev–Trinajstić information content (AvgIpc) is 3.39. The van der Waals surface area contributed by atoms with Crippen LogP contribution in [0.1, 0.15) is 44.2 Å². The molecule has 1 unspecified atom stereocenters. The van der Waals surface area contributed by atoms with Crippen LogP contribution in [0.25, 0.3) is 21.9 Å². The van der Waals surface area contributed by atoms with E-state index < -0.39 is 17.7 Å². The number of fused-ring (bicyclic) bond motifs is 2. The molecule has 5 rings (SSSR count). The number of hydrogen-bond acceptors (Lipinski definition) is 2. The first-order valence-electron chi connectivity index (χ1n) is 11.1. The van der Waals surface area contributed by atoms with E-state index in [-0.39, 0.29) is 11.8 Å². The highest BCUT2D eigenvalue weighted by atomic mass is 19.2. The molecule has 2 aromatic heterocycles. The third kappa shape index (κ3) is 3.45. The smallest absolute Gasteiger partial charge is 0.245 e. The predicted molar refractivity (Wildman–Crippen MR) is 120 cm³/mol. The molecule has 2 aromatic carbocycles. The van der Waals surface area contributed by atoms with Crippen molar-refractivity contribution in [3.8, 4) is 0 Å². The standard InChI is InChI=1S/C25H26F2N4O/c1-15(2)24(31-14-29-22-11-19(26)20(27)12-23(22)31)25(32)30-9-7-16(8-10-30)18-13-28-21-6-4-3-5-17(18)21/h3-6,11-16,24,28H,7-10H2,1-2H3. The molecule has 1 aliphatic heterocycles. The second-order valence-corrected chi connectivity index (χ2v) is 8.98. The fourth-order valence-electron chi connectivity index (χ4n) is 5.00. The predicted octanol–water partition coefficient (Wildman–Crippen LogP) is 5.40. The number of aromatic nitrogens is 3. The van der Waals surface area contributed by atoms with E-state index in [0.29, 0.717) is 30.0 Å². The molecular weight excluding hydrogens is 410 g/mol. The first-order chi connectivity index (χ1) is 15.4. The van der Waals surface area contributed by atoms with Gasteiger partial charge in [0, 0.05) is 42.3 Å². The lowest BCUT2D eigenvalue weighted by atomic mass is 9.88. The highest BCUT2D eigenvalue weighted by Crippen LogP contribution is 2.35. The van der Waals surface area contributed by atoms with Crippen LogP contribution in [0.4, 0.5) is 8.78 Å². The first kappa shape index (κ1) is 20.7. The number of imidazole rings is 1. The molecular formula is C25H26F2N4O. The van der Waals surface area contributed by atoms with Crippen molar-refractivity contribution in [1.29, 1.82) is 0 Å². The summed E-state index contributed by atoms with van der Waals surface area (Å²) in [5.74, 6) is -1.50. The van der Waals surface area contributed by atoms with Crippen molar-refractivity contribution in [2.24, 2.45) is 5.92 Å².